The van der Waals surface area contributed by atoms with Gasteiger partial charge in [-0.3, -0.25) is 4.79 Å². The van der Waals surface area contributed by atoms with Crippen LogP contribution < -0.4 is 11.5 Å². The first-order valence-electron chi connectivity index (χ1n) is 3.78. The molecule has 0 aliphatic heterocycles. The largest absolute Gasteiger partial charge is 0.480 e. The summed E-state index contributed by atoms with van der Waals surface area (Å²) in [7, 11) is 0. The van der Waals surface area contributed by atoms with Crippen molar-refractivity contribution in [1.82, 2.24) is 0 Å². The Morgan fingerprint density at radius 2 is 2.30 bits per heavy atom. The lowest BCUT2D eigenvalue weighted by atomic mass is 10.1. The van der Waals surface area contributed by atoms with E-state index in [1.165, 1.54) is 0 Å². The molecule has 0 heterocycles. The molecule has 0 radical (unpaired) electrons. The summed E-state index contributed by atoms with van der Waals surface area (Å²) in [6.45, 7) is -0.615. The van der Waals surface area contributed by atoms with Crippen LogP contribution in [0.1, 0.15) is 20.6 Å². The maximum atomic E-state index is 10.2. The van der Waals surface area contributed by atoms with Crippen LogP contribution in [0.4, 0.5) is 0 Å². The van der Waals surface area contributed by atoms with Crippen LogP contribution in [0, 0.1) is 0 Å². The van der Waals surface area contributed by atoms with Gasteiger partial charge in [-0.05, 0) is 19.4 Å². The van der Waals surface area contributed by atoms with Crippen LogP contribution in [-0.2, 0) is 4.79 Å². The standard InChI is InChI=1S/C6H14N2O2/c7-4-2-1-3-5(8)6(9)10/h5H,1-4,7-8H2,(H,9,10)/t5-/m0/s1/i4D/t4-,5+/m1. The molecular formula is C6H14N2O2. The molecule has 4 heteroatoms. The molecule has 60 valence electrons. The lowest BCUT2D eigenvalue weighted by Gasteiger charge is -2.03. The van der Waals surface area contributed by atoms with Crippen LogP contribution in [0.25, 0.3) is 0 Å². The highest BCUT2D eigenvalue weighted by Crippen LogP contribution is 1.96. The average molecular weight is 147 g/mol. The molecule has 0 saturated heterocycles. The van der Waals surface area contributed by atoms with Crippen LogP contribution in [0.3, 0.4) is 0 Å². The fourth-order valence-electron chi connectivity index (χ4n) is 0.579. The van der Waals surface area contributed by atoms with Gasteiger partial charge >= 0.3 is 5.97 Å². The van der Waals surface area contributed by atoms with Crippen LogP contribution in [-0.4, -0.2) is 23.6 Å². The predicted octanol–water partition coefficient (Wildman–Crippen LogP) is -0.473. The van der Waals surface area contributed by atoms with Gasteiger partial charge in [-0.2, -0.15) is 0 Å². The van der Waals surface area contributed by atoms with Crippen molar-refractivity contribution >= 4 is 5.97 Å². The Hall–Kier alpha value is -0.610. The van der Waals surface area contributed by atoms with Gasteiger partial charge in [0.25, 0.3) is 0 Å². The number of aliphatic carboxylic acids is 1. The number of rotatable bonds is 5. The quantitative estimate of drug-likeness (QED) is 0.490. The Morgan fingerprint density at radius 3 is 2.70 bits per heavy atom. The molecule has 0 spiro atoms. The van der Waals surface area contributed by atoms with E-state index in [1.54, 1.807) is 0 Å². The number of hydrogen-bond acceptors (Lipinski definition) is 3. The van der Waals surface area contributed by atoms with Crippen LogP contribution >= 0.6 is 0 Å². The van der Waals surface area contributed by atoms with Crippen molar-refractivity contribution in [1.29, 1.82) is 0 Å². The zero-order chi connectivity index (χ0) is 8.85. The molecule has 0 saturated carbocycles. The van der Waals surface area contributed by atoms with Gasteiger partial charge in [0.15, 0.2) is 0 Å². The third-order valence-corrected chi connectivity index (χ3v) is 1.20. The molecule has 5 N–H and O–H groups in total. The minimum Gasteiger partial charge on any atom is -0.480 e. The molecular weight excluding hydrogens is 132 g/mol. The van der Waals surface area contributed by atoms with Gasteiger partial charge < -0.3 is 16.6 Å². The zero-order valence-electron chi connectivity index (χ0n) is 6.79. The first-order chi connectivity index (χ1) is 5.04. The predicted molar refractivity (Wildman–Crippen MR) is 38.5 cm³/mol. The van der Waals surface area contributed by atoms with E-state index in [0.29, 0.717) is 19.3 Å². The molecule has 0 amide bonds. The third kappa shape index (κ3) is 4.29. The molecule has 0 aliphatic carbocycles. The topological polar surface area (TPSA) is 89.3 Å². The van der Waals surface area contributed by atoms with Crippen molar-refractivity contribution in [2.75, 3.05) is 6.52 Å². The van der Waals surface area contributed by atoms with Crippen LogP contribution in [0.5, 0.6) is 0 Å². The third-order valence-electron chi connectivity index (χ3n) is 1.20. The second kappa shape index (κ2) is 5.20. The van der Waals surface area contributed by atoms with E-state index >= 15 is 0 Å². The number of carboxylic acid groups (broad SMARTS) is 1. The van der Waals surface area contributed by atoms with Crippen LogP contribution in [0.15, 0.2) is 0 Å². The van der Waals surface area contributed by atoms with E-state index in [2.05, 4.69) is 0 Å². The van der Waals surface area contributed by atoms with E-state index < -0.39 is 18.5 Å². The molecule has 0 aliphatic rings. The molecule has 4 nitrogen and oxygen atoms in total. The molecule has 10 heavy (non-hydrogen) atoms. The lowest BCUT2D eigenvalue weighted by molar-refractivity contribution is -0.138. The smallest absolute Gasteiger partial charge is 0.320 e. The first-order valence-corrected chi connectivity index (χ1v) is 3.20. The summed E-state index contributed by atoms with van der Waals surface area (Å²) in [5.74, 6) is -0.997. The number of nitrogens with two attached hydrogens (primary N) is 2. The summed E-state index contributed by atoms with van der Waals surface area (Å²) in [4.78, 5) is 10.2. The van der Waals surface area contributed by atoms with Crippen molar-refractivity contribution in [3.63, 3.8) is 0 Å². The van der Waals surface area contributed by atoms with E-state index in [-0.39, 0.29) is 0 Å². The summed E-state index contributed by atoms with van der Waals surface area (Å²) in [5, 5.41) is 8.34. The molecule has 2 atom stereocenters. The van der Waals surface area contributed by atoms with Gasteiger partial charge in [0.1, 0.15) is 6.04 Å². The maximum Gasteiger partial charge on any atom is 0.320 e. The summed E-state index contributed by atoms with van der Waals surface area (Å²) in [5.41, 5.74) is 10.3. The van der Waals surface area contributed by atoms with Crippen molar-refractivity contribution in [2.45, 2.75) is 25.3 Å². The minimum absolute atomic E-state index is 0.391. The fraction of sp³-hybridized carbons (Fsp3) is 0.833. The molecule has 0 unspecified atom stereocenters. The second-order valence-corrected chi connectivity index (χ2v) is 2.11. The summed E-state index contributed by atoms with van der Waals surface area (Å²) < 4.78 is 6.92. The monoisotopic (exact) mass is 147 g/mol. The molecule has 0 aromatic rings. The van der Waals surface area contributed by atoms with Gasteiger partial charge in [-0.15, -0.1) is 0 Å². The number of carboxylic acids is 1. The van der Waals surface area contributed by atoms with E-state index in [0.717, 1.165) is 0 Å². The summed E-state index contributed by atoms with van der Waals surface area (Å²) in [6, 6.07) is -0.811. The normalized spacial score (nSPS) is 17.6. The van der Waals surface area contributed by atoms with Gasteiger partial charge in [0.05, 0.1) is 0 Å². The lowest BCUT2D eigenvalue weighted by Crippen LogP contribution is -2.29. The highest BCUT2D eigenvalue weighted by atomic mass is 16.4. The van der Waals surface area contributed by atoms with Crippen molar-refractivity contribution in [3.05, 3.63) is 0 Å². The zero-order valence-corrected chi connectivity index (χ0v) is 5.79. The van der Waals surface area contributed by atoms with Crippen molar-refractivity contribution < 1.29 is 11.3 Å². The van der Waals surface area contributed by atoms with E-state index in [1.807, 2.05) is 0 Å². The average Bonchev–Trinajstić information content (AvgIpc) is 1.86. The highest BCUT2D eigenvalue weighted by molar-refractivity contribution is 5.72. The van der Waals surface area contributed by atoms with Crippen LogP contribution in [0.2, 0.25) is 0 Å². The molecule has 0 aromatic heterocycles. The summed E-state index contributed by atoms with van der Waals surface area (Å²) in [6.07, 6.45) is 1.49. The number of carbonyl (C=O) groups is 1. The maximum absolute atomic E-state index is 10.2. The second-order valence-electron chi connectivity index (χ2n) is 2.11. The Morgan fingerprint density at radius 1 is 1.70 bits per heavy atom. The Balaban J connectivity index is 3.31. The highest BCUT2D eigenvalue weighted by Gasteiger charge is 2.09. The van der Waals surface area contributed by atoms with Crippen molar-refractivity contribution in [2.24, 2.45) is 11.5 Å². The van der Waals surface area contributed by atoms with Crippen molar-refractivity contribution in [3.8, 4) is 0 Å². The van der Waals surface area contributed by atoms with E-state index in [9.17, 15) is 4.79 Å². The SMILES string of the molecule is [2H][C@@H](N)CCC[C@H](N)C(=O)O. The summed E-state index contributed by atoms with van der Waals surface area (Å²) >= 11 is 0. The van der Waals surface area contributed by atoms with Gasteiger partial charge in [0.2, 0.25) is 0 Å². The fourth-order valence-corrected chi connectivity index (χ4v) is 0.579. The molecule has 0 fully saturated rings. The molecule has 0 aromatic carbocycles. The number of hydrogen-bond donors (Lipinski definition) is 3. The molecule has 0 bridgehead atoms. The van der Waals surface area contributed by atoms with Gasteiger partial charge in [-0.1, -0.05) is 6.42 Å². The Bertz CT molecular complexity index is 130. The van der Waals surface area contributed by atoms with Gasteiger partial charge in [-0.25, -0.2) is 0 Å². The van der Waals surface area contributed by atoms with E-state index in [4.69, 9.17) is 17.9 Å². The minimum atomic E-state index is -0.997. The Kier molecular flexibility index (Phi) is 3.90. The molecule has 0 rings (SSSR count). The first kappa shape index (κ1) is 7.50. The van der Waals surface area contributed by atoms with Gasteiger partial charge in [0, 0.05) is 1.37 Å². The Labute approximate surface area is 61.6 Å².